The van der Waals surface area contributed by atoms with Crippen molar-refractivity contribution in [2.24, 2.45) is 0 Å². The van der Waals surface area contributed by atoms with Crippen molar-refractivity contribution >= 4 is 47.2 Å². The molecule has 0 fully saturated rings. The lowest BCUT2D eigenvalue weighted by Gasteiger charge is -2.31. The van der Waals surface area contributed by atoms with Crippen LogP contribution in [0, 0.1) is 13.8 Å². The first-order chi connectivity index (χ1) is 38.7. The molecule has 3 amide bonds. The van der Waals surface area contributed by atoms with Crippen LogP contribution in [0.3, 0.4) is 0 Å². The Morgan fingerprint density at radius 1 is 0.607 bits per heavy atom. The number of carbonyl (C=O) groups excluding carboxylic acids is 3. The molecule has 2 heterocycles. The summed E-state index contributed by atoms with van der Waals surface area (Å²) in [5.41, 5.74) is 5.61. The number of fused-ring (bicyclic) bond motifs is 2. The van der Waals surface area contributed by atoms with E-state index in [0.717, 1.165) is 27.2 Å². The van der Waals surface area contributed by atoms with E-state index >= 15 is 0 Å². The average molecular weight is 1200 g/mol. The number of rotatable bonds is 18. The molecule has 0 unspecified atom stereocenters. The molecule has 2 aliphatic heterocycles. The van der Waals surface area contributed by atoms with Gasteiger partial charge in [0.15, 0.2) is 0 Å². The van der Waals surface area contributed by atoms with Gasteiger partial charge >= 0.3 is 42.9 Å². The maximum absolute atomic E-state index is 13.6. The number of likely N-dealkylation sites (N-methyl/N-ethyl adjacent to an activating group) is 2. The first kappa shape index (κ1) is 68.5. The molecule has 6 rings (SSSR count). The number of carboxylic acid groups (broad SMARTS) is 3. The van der Waals surface area contributed by atoms with Gasteiger partial charge in [-0.2, -0.15) is 13.2 Å². The molecule has 0 radical (unpaired) electrons. The number of ether oxygens (including phenoxy) is 5. The van der Waals surface area contributed by atoms with E-state index in [9.17, 15) is 68.6 Å². The number of anilines is 2. The summed E-state index contributed by atoms with van der Waals surface area (Å²) in [6.07, 6.45) is -15.4. The monoisotopic (exact) mass is 1200 g/mol. The molecule has 27 heteroatoms. The minimum Gasteiger partial charge on any atom is -0.489 e. The standard InChI is InChI=1S/C30H37F3N2O7.C25H29F3N2O5.C2HF3O2/c1-17(2)20-9-8-19(14-25(20)41-30(31,32)33)16-40-24-11-10-22-21(18(24)3)12-13-35(22)27(38)23(15-26(36)37)34(7)28(39)42-29(4,5)6;1-14(2)17-6-5-16(11-22(17)35-25(26,27)28)13-34-21-8-7-20-18(15(21)3)9-10-30(20)24(33)19(29-4)12-23(31)32;3-2(4,5)1(6)7/h8-11,14,17,23H,12-13,15-16H2,1-7H3,(H,36,37);5-8,11,14,19,29H,9-10,12-13H2,1-4H3,(H,31,32);(H,6,7)/t23-;19-;/m11./s1. The SMILES string of the molecule is CN[C@H](CC(=O)O)C(=O)N1CCc2c1ccc(OCc1ccc(C(C)C)c(OC(F)(F)F)c1)c2C.Cc1c(OCc2ccc(C(C)C)c(OC(F)(F)F)c2)ccc2c1CCN2C(=O)[C@@H](CC(=O)O)N(C)C(=O)OC(C)(C)C.O=C(O)C(F)(F)F. The minimum absolute atomic E-state index is 0.0176. The van der Waals surface area contributed by atoms with E-state index in [4.69, 9.17) is 29.2 Å². The molecule has 462 valence electrons. The van der Waals surface area contributed by atoms with Crippen LogP contribution in [0.25, 0.3) is 0 Å². The number of benzene rings is 4. The molecule has 0 spiro atoms. The molecular formula is C57H67F9N4O14. The highest BCUT2D eigenvalue weighted by atomic mass is 19.4. The quantitative estimate of drug-likeness (QED) is 0.0679. The Balaban J connectivity index is 0.000000327. The van der Waals surface area contributed by atoms with Crippen LogP contribution in [-0.2, 0) is 54.8 Å². The number of hydrogen-bond acceptors (Lipinski definition) is 12. The third-order valence-electron chi connectivity index (χ3n) is 13.0. The zero-order valence-electron chi connectivity index (χ0n) is 47.8. The Labute approximate surface area is 478 Å². The van der Waals surface area contributed by atoms with E-state index < -0.39 is 72.9 Å². The van der Waals surface area contributed by atoms with E-state index in [-0.39, 0.29) is 55.4 Å². The third-order valence-corrected chi connectivity index (χ3v) is 13.0. The Bertz CT molecular complexity index is 3030. The lowest BCUT2D eigenvalue weighted by molar-refractivity contribution is -0.276. The Morgan fingerprint density at radius 2 is 1.00 bits per heavy atom. The summed E-state index contributed by atoms with van der Waals surface area (Å²) in [7, 11) is 2.88. The van der Waals surface area contributed by atoms with E-state index in [2.05, 4.69) is 14.8 Å². The molecular weight excluding hydrogens is 1140 g/mol. The van der Waals surface area contributed by atoms with Crippen LogP contribution in [-0.4, -0.2) is 120 Å². The summed E-state index contributed by atoms with van der Waals surface area (Å²) in [6, 6.07) is 13.9. The summed E-state index contributed by atoms with van der Waals surface area (Å²) >= 11 is 0. The number of halogens is 9. The lowest BCUT2D eigenvalue weighted by atomic mass is 10.0. The Kier molecular flexibility index (Phi) is 22.9. The number of amides is 3. The number of carboxylic acids is 3. The predicted octanol–water partition coefficient (Wildman–Crippen LogP) is 11.4. The van der Waals surface area contributed by atoms with E-state index in [0.29, 0.717) is 64.5 Å². The first-order valence-corrected chi connectivity index (χ1v) is 26.0. The van der Waals surface area contributed by atoms with Gasteiger partial charge in [-0.25, -0.2) is 9.59 Å². The second-order valence-corrected chi connectivity index (χ2v) is 21.0. The van der Waals surface area contributed by atoms with Crippen LogP contribution < -0.4 is 34.1 Å². The Morgan fingerprint density at radius 3 is 1.33 bits per heavy atom. The van der Waals surface area contributed by atoms with Gasteiger partial charge in [-0.1, -0.05) is 52.0 Å². The fourth-order valence-electron chi connectivity index (χ4n) is 8.95. The van der Waals surface area contributed by atoms with E-state index in [1.165, 1.54) is 24.1 Å². The zero-order chi connectivity index (χ0) is 63.6. The van der Waals surface area contributed by atoms with Crippen LogP contribution in [0.15, 0.2) is 60.7 Å². The van der Waals surface area contributed by atoms with Gasteiger partial charge in [0.2, 0.25) is 5.91 Å². The molecule has 2 atom stereocenters. The van der Waals surface area contributed by atoms with Gasteiger partial charge in [0.25, 0.3) is 5.91 Å². The smallest absolute Gasteiger partial charge is 0.489 e. The van der Waals surface area contributed by atoms with Crippen LogP contribution in [0.4, 0.5) is 55.7 Å². The number of carbonyl (C=O) groups is 6. The fourth-order valence-corrected chi connectivity index (χ4v) is 8.95. The van der Waals surface area contributed by atoms with Crippen molar-refractivity contribution in [3.05, 3.63) is 105 Å². The fraction of sp³-hybridized carbons (Fsp3) is 0.474. The summed E-state index contributed by atoms with van der Waals surface area (Å²) in [6.45, 7) is 16.5. The lowest BCUT2D eigenvalue weighted by Crippen LogP contribution is -2.51. The molecule has 0 aliphatic carbocycles. The maximum Gasteiger partial charge on any atom is 0.573 e. The number of hydrogen-bond donors (Lipinski definition) is 4. The number of alkyl halides is 9. The van der Waals surface area contributed by atoms with Crippen molar-refractivity contribution in [2.75, 3.05) is 37.0 Å². The van der Waals surface area contributed by atoms with Gasteiger partial charge in [0.05, 0.1) is 18.9 Å². The van der Waals surface area contributed by atoms with Crippen molar-refractivity contribution in [2.45, 2.75) is 150 Å². The van der Waals surface area contributed by atoms with Gasteiger partial charge in [-0.05, 0) is 147 Å². The van der Waals surface area contributed by atoms with Crippen molar-refractivity contribution in [1.29, 1.82) is 0 Å². The predicted molar refractivity (Wildman–Crippen MR) is 286 cm³/mol. The van der Waals surface area contributed by atoms with Gasteiger partial charge in [-0.3, -0.25) is 24.1 Å². The molecule has 0 aromatic heterocycles. The van der Waals surface area contributed by atoms with Crippen LogP contribution in [0.2, 0.25) is 0 Å². The molecule has 4 aromatic carbocycles. The van der Waals surface area contributed by atoms with E-state index in [1.54, 1.807) is 109 Å². The highest BCUT2D eigenvalue weighted by Gasteiger charge is 2.40. The molecule has 2 aliphatic rings. The van der Waals surface area contributed by atoms with E-state index in [1.807, 2.05) is 13.8 Å². The first-order valence-electron chi connectivity index (χ1n) is 26.0. The van der Waals surface area contributed by atoms with Crippen LogP contribution in [0.5, 0.6) is 23.0 Å². The van der Waals surface area contributed by atoms with Crippen molar-refractivity contribution in [1.82, 2.24) is 10.2 Å². The summed E-state index contributed by atoms with van der Waals surface area (Å²) in [5.74, 6) is -5.74. The largest absolute Gasteiger partial charge is 0.573 e. The normalized spacial score (nSPS) is 13.8. The molecule has 0 saturated carbocycles. The number of nitrogens with zero attached hydrogens (tertiary/aromatic N) is 3. The molecule has 4 N–H and O–H groups in total. The van der Waals surface area contributed by atoms with Gasteiger partial charge in [0, 0.05) is 31.5 Å². The summed E-state index contributed by atoms with van der Waals surface area (Å²) < 4.78 is 135. The highest BCUT2D eigenvalue weighted by Crippen LogP contribution is 2.40. The van der Waals surface area contributed by atoms with Crippen molar-refractivity contribution in [3.8, 4) is 23.0 Å². The number of aliphatic carboxylic acids is 3. The topological polar surface area (TPSA) is 231 Å². The summed E-state index contributed by atoms with van der Waals surface area (Å²) in [4.78, 5) is 74.6. The van der Waals surface area contributed by atoms with Gasteiger partial charge in [0.1, 0.15) is 47.9 Å². The third kappa shape index (κ3) is 19.3. The molecule has 84 heavy (non-hydrogen) atoms. The molecule has 4 aromatic rings. The van der Waals surface area contributed by atoms with Crippen LogP contribution >= 0.6 is 0 Å². The molecule has 18 nitrogen and oxygen atoms in total. The molecule has 0 bridgehead atoms. The van der Waals surface area contributed by atoms with Gasteiger partial charge in [-0.15, -0.1) is 26.3 Å². The zero-order valence-corrected chi connectivity index (χ0v) is 47.8. The summed E-state index contributed by atoms with van der Waals surface area (Å²) in [5, 5.41) is 28.4. The second-order valence-electron chi connectivity index (χ2n) is 21.0. The minimum atomic E-state index is -5.08. The van der Waals surface area contributed by atoms with Gasteiger partial charge < -0.3 is 54.1 Å². The van der Waals surface area contributed by atoms with Crippen LogP contribution in [0.1, 0.15) is 118 Å². The van der Waals surface area contributed by atoms with Crippen molar-refractivity contribution in [3.63, 3.8) is 0 Å². The number of nitrogens with one attached hydrogen (secondary N) is 1. The van der Waals surface area contributed by atoms with Crippen molar-refractivity contribution < 1.29 is 107 Å². The Hall–Kier alpha value is -7.97. The average Bonchev–Trinajstić information content (AvgIpc) is 2.06. The highest BCUT2D eigenvalue weighted by molar-refractivity contribution is 6.02. The molecule has 0 saturated heterocycles. The second kappa shape index (κ2) is 28.1. The maximum atomic E-state index is 13.6.